The molecule has 156 valence electrons. The zero-order chi connectivity index (χ0) is 20.6. The molecule has 0 aliphatic carbocycles. The average Bonchev–Trinajstić information content (AvgIpc) is 3.29. The van der Waals surface area contributed by atoms with Crippen LogP contribution in [0.2, 0.25) is 0 Å². The van der Waals surface area contributed by atoms with Crippen LogP contribution in [0.5, 0.6) is 11.5 Å². The molecule has 0 amide bonds. The standard InChI is InChI=1S/C20H20N4O5S/c25-30(26,14-7-8-17-18(13-14)28-12-11-27-17)24-10-4-2-6-16(24)20-23-22-19(29-20)15-5-1-3-9-21-15/h1,3,5,7-9,13,16H,2,4,6,10-12H2/t16-/m1/s1. The molecule has 0 unspecified atom stereocenters. The number of aromatic nitrogens is 3. The maximum Gasteiger partial charge on any atom is 0.266 e. The second kappa shape index (κ2) is 7.69. The summed E-state index contributed by atoms with van der Waals surface area (Å²) in [5.41, 5.74) is 0.549. The van der Waals surface area contributed by atoms with Crippen molar-refractivity contribution in [3.63, 3.8) is 0 Å². The summed E-state index contributed by atoms with van der Waals surface area (Å²) in [5, 5.41) is 8.21. The summed E-state index contributed by atoms with van der Waals surface area (Å²) >= 11 is 0. The summed E-state index contributed by atoms with van der Waals surface area (Å²) in [7, 11) is -3.79. The Morgan fingerprint density at radius 2 is 1.87 bits per heavy atom. The molecule has 5 rings (SSSR count). The number of ether oxygens (including phenoxy) is 2. The molecular formula is C20H20N4O5S. The van der Waals surface area contributed by atoms with Crippen molar-refractivity contribution in [2.75, 3.05) is 19.8 Å². The number of rotatable bonds is 4. The lowest BCUT2D eigenvalue weighted by atomic mass is 10.1. The van der Waals surface area contributed by atoms with Crippen molar-refractivity contribution < 1.29 is 22.3 Å². The van der Waals surface area contributed by atoms with E-state index in [2.05, 4.69) is 15.2 Å². The molecule has 3 aromatic rings. The topological polar surface area (TPSA) is 108 Å². The Hall–Kier alpha value is -2.98. The van der Waals surface area contributed by atoms with Crippen molar-refractivity contribution in [3.05, 3.63) is 48.5 Å². The minimum Gasteiger partial charge on any atom is -0.486 e. The summed E-state index contributed by atoms with van der Waals surface area (Å²) in [5.74, 6) is 1.53. The van der Waals surface area contributed by atoms with Gasteiger partial charge in [-0.3, -0.25) is 4.98 Å². The lowest BCUT2D eigenvalue weighted by Gasteiger charge is -2.32. The second-order valence-electron chi connectivity index (χ2n) is 7.09. The summed E-state index contributed by atoms with van der Waals surface area (Å²) in [6.07, 6.45) is 3.88. The molecule has 4 heterocycles. The van der Waals surface area contributed by atoms with E-state index in [0.29, 0.717) is 43.4 Å². The summed E-state index contributed by atoms with van der Waals surface area (Å²) in [6.45, 7) is 1.22. The molecule has 1 aromatic carbocycles. The number of hydrogen-bond donors (Lipinski definition) is 0. The first-order valence-electron chi connectivity index (χ1n) is 9.79. The predicted octanol–water partition coefficient (Wildman–Crippen LogP) is 2.82. The Kier molecular flexibility index (Phi) is 4.87. The lowest BCUT2D eigenvalue weighted by molar-refractivity contribution is 0.171. The van der Waals surface area contributed by atoms with Gasteiger partial charge in [0.1, 0.15) is 24.9 Å². The fourth-order valence-corrected chi connectivity index (χ4v) is 5.39. The van der Waals surface area contributed by atoms with Crippen molar-refractivity contribution in [2.45, 2.75) is 30.2 Å². The SMILES string of the molecule is O=S(=O)(c1ccc2c(c1)OCCO2)N1CCCC[C@@H]1c1nnc(-c2ccccn2)o1. The zero-order valence-corrected chi connectivity index (χ0v) is 16.9. The predicted molar refractivity (Wildman–Crippen MR) is 105 cm³/mol. The van der Waals surface area contributed by atoms with Crippen molar-refractivity contribution >= 4 is 10.0 Å². The van der Waals surface area contributed by atoms with Gasteiger partial charge in [-0.2, -0.15) is 4.31 Å². The van der Waals surface area contributed by atoms with E-state index in [1.54, 1.807) is 30.5 Å². The average molecular weight is 428 g/mol. The number of benzene rings is 1. The van der Waals surface area contributed by atoms with Gasteiger partial charge in [-0.25, -0.2) is 8.42 Å². The van der Waals surface area contributed by atoms with Gasteiger partial charge in [-0.15, -0.1) is 10.2 Å². The van der Waals surface area contributed by atoms with E-state index in [4.69, 9.17) is 13.9 Å². The minimum atomic E-state index is -3.79. The van der Waals surface area contributed by atoms with Crippen LogP contribution in [-0.4, -0.2) is 47.7 Å². The van der Waals surface area contributed by atoms with E-state index >= 15 is 0 Å². The van der Waals surface area contributed by atoms with E-state index in [-0.39, 0.29) is 16.7 Å². The maximum absolute atomic E-state index is 13.5. The first-order valence-corrected chi connectivity index (χ1v) is 11.2. The zero-order valence-electron chi connectivity index (χ0n) is 16.1. The van der Waals surface area contributed by atoms with Gasteiger partial charge in [0.2, 0.25) is 15.9 Å². The third-order valence-corrected chi connectivity index (χ3v) is 7.09. The van der Waals surface area contributed by atoms with Crippen molar-refractivity contribution in [1.82, 2.24) is 19.5 Å². The van der Waals surface area contributed by atoms with Crippen LogP contribution in [0.3, 0.4) is 0 Å². The molecule has 10 heteroatoms. The van der Waals surface area contributed by atoms with E-state index in [1.165, 1.54) is 10.4 Å². The Labute approximate surface area is 173 Å². The largest absolute Gasteiger partial charge is 0.486 e. The molecular weight excluding hydrogens is 408 g/mol. The van der Waals surface area contributed by atoms with Gasteiger partial charge in [-0.05, 0) is 37.1 Å². The molecule has 0 N–H and O–H groups in total. The first-order chi connectivity index (χ1) is 14.6. The third-order valence-electron chi connectivity index (χ3n) is 5.18. The molecule has 1 atom stereocenters. The van der Waals surface area contributed by atoms with Crippen LogP contribution in [0.15, 0.2) is 51.9 Å². The molecule has 9 nitrogen and oxygen atoms in total. The number of sulfonamides is 1. The Morgan fingerprint density at radius 3 is 2.70 bits per heavy atom. The number of nitrogens with zero attached hydrogens (tertiary/aromatic N) is 4. The molecule has 1 fully saturated rings. The van der Waals surface area contributed by atoms with E-state index in [1.807, 2.05) is 6.07 Å². The van der Waals surface area contributed by atoms with Crippen LogP contribution in [0.25, 0.3) is 11.6 Å². The van der Waals surface area contributed by atoms with Crippen LogP contribution in [0.1, 0.15) is 31.2 Å². The Balaban J connectivity index is 1.47. The third kappa shape index (κ3) is 3.41. The van der Waals surface area contributed by atoms with Gasteiger partial charge in [0.05, 0.1) is 4.90 Å². The fourth-order valence-electron chi connectivity index (χ4n) is 3.72. The van der Waals surface area contributed by atoms with Crippen LogP contribution < -0.4 is 9.47 Å². The Morgan fingerprint density at radius 1 is 1.00 bits per heavy atom. The molecule has 0 bridgehead atoms. The molecule has 1 saturated heterocycles. The normalized spacial score (nSPS) is 19.5. The van der Waals surface area contributed by atoms with Gasteiger partial charge < -0.3 is 13.9 Å². The van der Waals surface area contributed by atoms with E-state index in [0.717, 1.165) is 12.8 Å². The van der Waals surface area contributed by atoms with Crippen LogP contribution in [0.4, 0.5) is 0 Å². The summed E-state index contributed by atoms with van der Waals surface area (Å²) < 4.78 is 45.2. The maximum atomic E-state index is 13.5. The highest BCUT2D eigenvalue weighted by atomic mass is 32.2. The molecule has 0 saturated carbocycles. The van der Waals surface area contributed by atoms with Crippen LogP contribution >= 0.6 is 0 Å². The lowest BCUT2D eigenvalue weighted by Crippen LogP contribution is -2.38. The highest BCUT2D eigenvalue weighted by Crippen LogP contribution is 2.38. The van der Waals surface area contributed by atoms with Gasteiger partial charge in [0.15, 0.2) is 11.5 Å². The molecule has 2 aliphatic rings. The molecule has 30 heavy (non-hydrogen) atoms. The number of pyridine rings is 1. The number of piperidine rings is 1. The van der Waals surface area contributed by atoms with E-state index in [9.17, 15) is 8.42 Å². The monoisotopic (exact) mass is 428 g/mol. The highest BCUT2D eigenvalue weighted by molar-refractivity contribution is 7.89. The summed E-state index contributed by atoms with van der Waals surface area (Å²) in [6, 6.07) is 9.55. The summed E-state index contributed by atoms with van der Waals surface area (Å²) in [4.78, 5) is 4.37. The van der Waals surface area contributed by atoms with Crippen LogP contribution in [-0.2, 0) is 10.0 Å². The smallest absolute Gasteiger partial charge is 0.266 e. The number of fused-ring (bicyclic) bond motifs is 1. The van der Waals surface area contributed by atoms with E-state index < -0.39 is 16.1 Å². The van der Waals surface area contributed by atoms with Crippen molar-refractivity contribution in [2.24, 2.45) is 0 Å². The highest BCUT2D eigenvalue weighted by Gasteiger charge is 2.38. The Bertz CT molecular complexity index is 1150. The molecule has 0 spiro atoms. The van der Waals surface area contributed by atoms with Gasteiger partial charge in [0, 0.05) is 18.8 Å². The fraction of sp³-hybridized carbons (Fsp3) is 0.350. The van der Waals surface area contributed by atoms with Gasteiger partial charge in [-0.1, -0.05) is 12.5 Å². The van der Waals surface area contributed by atoms with Crippen molar-refractivity contribution in [1.29, 1.82) is 0 Å². The quantitative estimate of drug-likeness (QED) is 0.624. The van der Waals surface area contributed by atoms with Gasteiger partial charge >= 0.3 is 0 Å². The molecule has 2 aromatic heterocycles. The first kappa shape index (κ1) is 19.0. The van der Waals surface area contributed by atoms with Crippen molar-refractivity contribution in [3.8, 4) is 23.1 Å². The van der Waals surface area contributed by atoms with Crippen LogP contribution in [0, 0.1) is 0 Å². The second-order valence-corrected chi connectivity index (χ2v) is 8.98. The molecule has 0 radical (unpaired) electrons. The van der Waals surface area contributed by atoms with Gasteiger partial charge in [0.25, 0.3) is 5.89 Å². The molecule has 2 aliphatic heterocycles. The number of hydrogen-bond acceptors (Lipinski definition) is 8. The minimum absolute atomic E-state index is 0.156.